The summed E-state index contributed by atoms with van der Waals surface area (Å²) < 4.78 is 28.2. The Kier molecular flexibility index (Phi) is 6.31. The Morgan fingerprint density at radius 2 is 2.00 bits per heavy atom. The molecule has 1 rings (SSSR count). The second kappa shape index (κ2) is 7.33. The first-order valence-electron chi connectivity index (χ1n) is 6.30. The van der Waals surface area contributed by atoms with E-state index in [9.17, 15) is 13.2 Å². The van der Waals surface area contributed by atoms with Crippen LogP contribution in [0.2, 0.25) is 5.02 Å². The highest BCUT2D eigenvalue weighted by atomic mass is 35.7. The van der Waals surface area contributed by atoms with E-state index < -0.39 is 9.05 Å². The molecule has 118 valence electrons. The van der Waals surface area contributed by atoms with Crippen LogP contribution in [0.25, 0.3) is 0 Å². The number of hydrogen-bond donors (Lipinski definition) is 0. The molecular weight excluding hydrogens is 337 g/mol. The minimum atomic E-state index is -4.07. The highest BCUT2D eigenvalue weighted by molar-refractivity contribution is 8.13. The van der Waals surface area contributed by atoms with E-state index >= 15 is 0 Å². The van der Waals surface area contributed by atoms with Crippen LogP contribution < -0.4 is 4.74 Å². The summed E-state index contributed by atoms with van der Waals surface area (Å²) in [6.07, 6.45) is 1.78. The van der Waals surface area contributed by atoms with Crippen molar-refractivity contribution in [1.82, 2.24) is 4.90 Å². The molecule has 0 spiro atoms. The fourth-order valence-electron chi connectivity index (χ4n) is 1.82. The third-order valence-electron chi connectivity index (χ3n) is 2.91. The molecule has 0 aliphatic heterocycles. The standard InChI is InChI=1S/C13H17Cl2NO4S/c1-4-5-6-16(2)13(17)10-7-9(14)8-11(12(10)20-3)21(15,18)19/h7-8H,4-6H2,1-3H3. The number of benzene rings is 1. The Bertz CT molecular complexity index is 631. The fourth-order valence-corrected chi connectivity index (χ4v) is 3.13. The van der Waals surface area contributed by atoms with E-state index in [1.807, 2.05) is 6.92 Å². The molecule has 1 amide bonds. The second-order valence-electron chi connectivity index (χ2n) is 4.50. The predicted molar refractivity (Wildman–Crippen MR) is 82.9 cm³/mol. The Morgan fingerprint density at radius 3 is 2.48 bits per heavy atom. The maximum atomic E-state index is 12.4. The van der Waals surface area contributed by atoms with Crippen molar-refractivity contribution >= 4 is 37.2 Å². The van der Waals surface area contributed by atoms with Crippen LogP contribution in [0.3, 0.4) is 0 Å². The van der Waals surface area contributed by atoms with Crippen LogP contribution in [0.15, 0.2) is 17.0 Å². The molecule has 8 heteroatoms. The summed E-state index contributed by atoms with van der Waals surface area (Å²) in [6.45, 7) is 2.56. The lowest BCUT2D eigenvalue weighted by Gasteiger charge is -2.19. The molecule has 1 aromatic carbocycles. The van der Waals surface area contributed by atoms with Crippen LogP contribution in [-0.2, 0) is 9.05 Å². The van der Waals surface area contributed by atoms with Gasteiger partial charge in [0.15, 0.2) is 5.75 Å². The first-order valence-corrected chi connectivity index (χ1v) is 8.98. The van der Waals surface area contributed by atoms with E-state index in [0.29, 0.717) is 6.54 Å². The number of rotatable bonds is 6. The van der Waals surface area contributed by atoms with Crippen LogP contribution in [-0.4, -0.2) is 39.9 Å². The SMILES string of the molecule is CCCCN(C)C(=O)c1cc(Cl)cc(S(=O)(=O)Cl)c1OC. The maximum absolute atomic E-state index is 12.4. The van der Waals surface area contributed by atoms with Crippen molar-refractivity contribution in [2.75, 3.05) is 20.7 Å². The van der Waals surface area contributed by atoms with E-state index in [1.54, 1.807) is 7.05 Å². The van der Waals surface area contributed by atoms with E-state index in [0.717, 1.165) is 18.9 Å². The molecule has 0 heterocycles. The average Bonchev–Trinajstić information content (AvgIpc) is 2.41. The monoisotopic (exact) mass is 353 g/mol. The number of carbonyl (C=O) groups is 1. The summed E-state index contributed by atoms with van der Waals surface area (Å²) in [5.74, 6) is -0.466. The van der Waals surface area contributed by atoms with E-state index in [1.165, 1.54) is 18.1 Å². The first-order chi connectivity index (χ1) is 9.72. The average molecular weight is 354 g/mol. The summed E-state index contributed by atoms with van der Waals surface area (Å²) >= 11 is 5.89. The molecule has 0 N–H and O–H groups in total. The molecule has 0 aliphatic carbocycles. The molecule has 0 aliphatic rings. The zero-order valence-corrected chi connectivity index (χ0v) is 14.3. The number of methoxy groups -OCH3 is 1. The summed E-state index contributed by atoms with van der Waals surface area (Å²) in [5, 5.41) is 0.0993. The van der Waals surface area contributed by atoms with Crippen molar-refractivity contribution in [2.45, 2.75) is 24.7 Å². The molecule has 0 saturated carbocycles. The second-order valence-corrected chi connectivity index (χ2v) is 7.47. The lowest BCUT2D eigenvalue weighted by Crippen LogP contribution is -2.28. The Hall–Kier alpha value is -0.980. The van der Waals surface area contributed by atoms with Crippen molar-refractivity contribution in [2.24, 2.45) is 0 Å². The summed E-state index contributed by atoms with van der Waals surface area (Å²) in [4.78, 5) is 13.6. The van der Waals surface area contributed by atoms with Crippen LogP contribution in [0.1, 0.15) is 30.1 Å². The largest absolute Gasteiger partial charge is 0.494 e. The van der Waals surface area contributed by atoms with Gasteiger partial charge < -0.3 is 9.64 Å². The van der Waals surface area contributed by atoms with E-state index in [-0.39, 0.29) is 27.1 Å². The van der Waals surface area contributed by atoms with E-state index in [4.69, 9.17) is 27.0 Å². The number of nitrogens with zero attached hydrogens (tertiary/aromatic N) is 1. The van der Waals surface area contributed by atoms with Gasteiger partial charge in [0, 0.05) is 29.3 Å². The van der Waals surface area contributed by atoms with Gasteiger partial charge in [-0.1, -0.05) is 24.9 Å². The van der Waals surface area contributed by atoms with Gasteiger partial charge in [0.2, 0.25) is 0 Å². The predicted octanol–water partition coefficient (Wildman–Crippen LogP) is 3.15. The number of amides is 1. The van der Waals surface area contributed by atoms with Gasteiger partial charge in [-0.2, -0.15) is 0 Å². The molecule has 0 bridgehead atoms. The molecule has 0 saturated heterocycles. The van der Waals surface area contributed by atoms with Crippen LogP contribution >= 0.6 is 22.3 Å². The molecule has 0 radical (unpaired) electrons. The first kappa shape index (κ1) is 18.1. The minimum Gasteiger partial charge on any atom is -0.494 e. The van der Waals surface area contributed by atoms with Gasteiger partial charge in [-0.05, 0) is 18.6 Å². The van der Waals surface area contributed by atoms with Crippen molar-refractivity contribution in [3.8, 4) is 5.75 Å². The maximum Gasteiger partial charge on any atom is 0.265 e. The van der Waals surface area contributed by atoms with Gasteiger partial charge in [-0.25, -0.2) is 8.42 Å². The molecule has 21 heavy (non-hydrogen) atoms. The number of ether oxygens (including phenoxy) is 1. The van der Waals surface area contributed by atoms with Crippen LogP contribution in [0.4, 0.5) is 0 Å². The van der Waals surface area contributed by atoms with Crippen LogP contribution in [0.5, 0.6) is 5.75 Å². The third kappa shape index (κ3) is 4.49. The van der Waals surface area contributed by atoms with Gasteiger partial charge >= 0.3 is 0 Å². The smallest absolute Gasteiger partial charge is 0.265 e. The summed E-state index contributed by atoms with van der Waals surface area (Å²) in [7, 11) is 4.20. The Labute approximate surface area is 134 Å². The lowest BCUT2D eigenvalue weighted by atomic mass is 10.1. The van der Waals surface area contributed by atoms with Crippen molar-refractivity contribution < 1.29 is 17.9 Å². The molecule has 0 aromatic heterocycles. The third-order valence-corrected chi connectivity index (χ3v) is 4.46. The Balaban J connectivity index is 3.36. The Morgan fingerprint density at radius 1 is 1.38 bits per heavy atom. The highest BCUT2D eigenvalue weighted by Crippen LogP contribution is 2.34. The van der Waals surface area contributed by atoms with Gasteiger partial charge in [0.25, 0.3) is 15.0 Å². The zero-order chi connectivity index (χ0) is 16.2. The molecule has 5 nitrogen and oxygen atoms in total. The van der Waals surface area contributed by atoms with Crippen molar-refractivity contribution in [3.63, 3.8) is 0 Å². The summed E-state index contributed by atoms with van der Waals surface area (Å²) in [6, 6.07) is 2.53. The topological polar surface area (TPSA) is 63.7 Å². The van der Waals surface area contributed by atoms with Crippen LogP contribution in [0, 0.1) is 0 Å². The molecule has 1 aromatic rings. The van der Waals surface area contributed by atoms with Gasteiger partial charge in [-0.3, -0.25) is 4.79 Å². The molecule has 0 fully saturated rings. The number of halogens is 2. The normalized spacial score (nSPS) is 11.3. The van der Waals surface area contributed by atoms with Crippen molar-refractivity contribution in [1.29, 1.82) is 0 Å². The minimum absolute atomic E-state index is 0.0721. The van der Waals surface area contributed by atoms with Gasteiger partial charge in [-0.15, -0.1) is 0 Å². The fraction of sp³-hybridized carbons (Fsp3) is 0.462. The molecule has 0 unspecified atom stereocenters. The summed E-state index contributed by atoms with van der Waals surface area (Å²) in [5.41, 5.74) is 0.0721. The number of hydrogen-bond acceptors (Lipinski definition) is 4. The molecular formula is C13H17Cl2NO4S. The van der Waals surface area contributed by atoms with Gasteiger partial charge in [0.1, 0.15) is 4.90 Å². The number of carbonyl (C=O) groups excluding carboxylic acids is 1. The van der Waals surface area contributed by atoms with E-state index in [2.05, 4.69) is 0 Å². The van der Waals surface area contributed by atoms with Gasteiger partial charge in [0.05, 0.1) is 12.7 Å². The zero-order valence-electron chi connectivity index (χ0n) is 12.0. The highest BCUT2D eigenvalue weighted by Gasteiger charge is 2.25. The quantitative estimate of drug-likeness (QED) is 0.737. The molecule has 0 atom stereocenters. The number of unbranched alkanes of at least 4 members (excludes halogenated alkanes) is 1. The van der Waals surface area contributed by atoms with Crippen molar-refractivity contribution in [3.05, 3.63) is 22.7 Å². The lowest BCUT2D eigenvalue weighted by molar-refractivity contribution is 0.0789.